The Labute approximate surface area is 172 Å². The van der Waals surface area contributed by atoms with E-state index in [-0.39, 0.29) is 11.3 Å². The van der Waals surface area contributed by atoms with E-state index >= 15 is 0 Å². The third-order valence-corrected chi connectivity index (χ3v) is 4.42. The first-order valence-electron chi connectivity index (χ1n) is 9.91. The van der Waals surface area contributed by atoms with Crippen molar-refractivity contribution in [2.75, 3.05) is 18.9 Å². The van der Waals surface area contributed by atoms with Crippen molar-refractivity contribution in [1.82, 2.24) is 4.98 Å². The van der Waals surface area contributed by atoms with E-state index in [1.54, 1.807) is 12.1 Å². The number of nitrogens with two attached hydrogens (primary N) is 1. The molecule has 0 saturated heterocycles. The first-order chi connectivity index (χ1) is 13.8. The van der Waals surface area contributed by atoms with E-state index < -0.39 is 0 Å². The Morgan fingerprint density at radius 3 is 2.31 bits per heavy atom. The van der Waals surface area contributed by atoms with Gasteiger partial charge in [0.1, 0.15) is 13.2 Å². The molecule has 1 aromatic carbocycles. The number of benzene rings is 1. The second-order valence-corrected chi connectivity index (χ2v) is 7.69. The third-order valence-electron chi connectivity index (χ3n) is 4.42. The fourth-order valence-electron chi connectivity index (χ4n) is 2.79. The molecule has 1 heterocycles. The summed E-state index contributed by atoms with van der Waals surface area (Å²) in [5.41, 5.74) is 10.4. The average Bonchev–Trinajstić information content (AvgIpc) is 2.62. The number of aromatic nitrogens is 1. The Hall–Kier alpha value is -2.95. The summed E-state index contributed by atoms with van der Waals surface area (Å²) in [6, 6.07) is 5.35. The molecule has 1 aromatic heterocycles. The quantitative estimate of drug-likeness (QED) is 0.432. The average molecular weight is 397 g/mol. The maximum Gasteiger partial charge on any atom is 0.294 e. The van der Waals surface area contributed by atoms with Crippen molar-refractivity contribution < 1.29 is 9.47 Å². The van der Waals surface area contributed by atoms with Crippen LogP contribution in [0.2, 0.25) is 0 Å². The highest BCUT2D eigenvalue weighted by molar-refractivity contribution is 5.89. The Balaban J connectivity index is 2.27. The summed E-state index contributed by atoms with van der Waals surface area (Å²) in [6.45, 7) is 10.9. The molecule has 2 aromatic rings. The number of nitrogen functional groups attached to an aromatic ring is 1. The molecular weight excluding hydrogens is 364 g/mol. The Morgan fingerprint density at radius 1 is 0.966 bits per heavy atom. The van der Waals surface area contributed by atoms with Gasteiger partial charge in [-0.25, -0.2) is 0 Å². The van der Waals surface area contributed by atoms with Gasteiger partial charge in [-0.05, 0) is 77.8 Å². The zero-order chi connectivity index (χ0) is 21.4. The van der Waals surface area contributed by atoms with E-state index in [1.807, 2.05) is 32.1 Å². The molecule has 0 spiro atoms. The molecule has 0 saturated carbocycles. The van der Waals surface area contributed by atoms with Crippen LogP contribution in [-0.2, 0) is 0 Å². The molecule has 156 valence electrons. The zero-order valence-corrected chi connectivity index (χ0v) is 18.1. The first-order valence-corrected chi connectivity index (χ1v) is 9.91. The molecule has 0 atom stereocenters. The molecule has 29 heavy (non-hydrogen) atoms. The highest BCUT2D eigenvalue weighted by atomic mass is 16.5. The number of H-pyrrole nitrogens is 1. The van der Waals surface area contributed by atoms with Crippen molar-refractivity contribution in [3.8, 4) is 11.5 Å². The lowest BCUT2D eigenvalue weighted by Gasteiger charge is -2.14. The van der Waals surface area contributed by atoms with Gasteiger partial charge < -0.3 is 20.2 Å². The van der Waals surface area contributed by atoms with Gasteiger partial charge in [0.25, 0.3) is 5.56 Å². The Bertz CT molecular complexity index is 989. The summed E-state index contributed by atoms with van der Waals surface area (Å²) in [7, 11) is 0. The fourth-order valence-corrected chi connectivity index (χ4v) is 2.79. The molecule has 5 heteroatoms. The lowest BCUT2D eigenvalue weighted by atomic mass is 10.1. The summed E-state index contributed by atoms with van der Waals surface area (Å²) in [5.74, 6) is 0.634. The van der Waals surface area contributed by atoms with Gasteiger partial charge in [-0.15, -0.1) is 0 Å². The maximum atomic E-state index is 12.6. The molecule has 5 nitrogen and oxygen atoms in total. The Kier molecular flexibility index (Phi) is 8.13. The van der Waals surface area contributed by atoms with Crippen LogP contribution in [0.1, 0.15) is 47.5 Å². The van der Waals surface area contributed by atoms with Crippen LogP contribution in [0.15, 0.2) is 57.9 Å². The van der Waals surface area contributed by atoms with E-state index in [2.05, 4.69) is 31.8 Å². The number of fused-ring (bicyclic) bond motifs is 1. The van der Waals surface area contributed by atoms with Crippen LogP contribution in [0, 0.1) is 0 Å². The molecule has 0 bridgehead atoms. The van der Waals surface area contributed by atoms with Gasteiger partial charge >= 0.3 is 0 Å². The molecule has 0 amide bonds. The van der Waals surface area contributed by atoms with Gasteiger partial charge in [-0.2, -0.15) is 0 Å². The van der Waals surface area contributed by atoms with E-state index in [4.69, 9.17) is 15.2 Å². The molecule has 2 rings (SSSR count). The topological polar surface area (TPSA) is 77.3 Å². The minimum absolute atomic E-state index is 0.192. The van der Waals surface area contributed by atoms with Crippen molar-refractivity contribution in [2.24, 2.45) is 0 Å². The molecule has 3 N–H and O–H groups in total. The highest BCUT2D eigenvalue weighted by Crippen LogP contribution is 2.32. The maximum absolute atomic E-state index is 12.6. The number of anilines is 1. The van der Waals surface area contributed by atoms with Crippen LogP contribution in [0.5, 0.6) is 11.5 Å². The minimum Gasteiger partial charge on any atom is -0.485 e. The van der Waals surface area contributed by atoms with Gasteiger partial charge in [-0.1, -0.05) is 22.8 Å². The van der Waals surface area contributed by atoms with E-state index in [1.165, 1.54) is 11.1 Å². The minimum atomic E-state index is -0.328. The molecule has 0 aliphatic carbocycles. The molecule has 0 unspecified atom stereocenters. The van der Waals surface area contributed by atoms with Gasteiger partial charge in [0, 0.05) is 11.1 Å². The summed E-state index contributed by atoms with van der Waals surface area (Å²) >= 11 is 0. The van der Waals surface area contributed by atoms with Crippen LogP contribution in [0.4, 0.5) is 5.69 Å². The van der Waals surface area contributed by atoms with Crippen LogP contribution in [-0.4, -0.2) is 18.2 Å². The molecule has 0 fully saturated rings. The third kappa shape index (κ3) is 6.86. The smallest absolute Gasteiger partial charge is 0.294 e. The lowest BCUT2D eigenvalue weighted by Crippen LogP contribution is -2.14. The predicted molar refractivity (Wildman–Crippen MR) is 122 cm³/mol. The second kappa shape index (κ2) is 10.6. The predicted octanol–water partition coefficient (Wildman–Crippen LogP) is 5.53. The van der Waals surface area contributed by atoms with Crippen LogP contribution >= 0.6 is 0 Å². The molecular formula is C24H32N2O3. The number of pyridine rings is 1. The zero-order valence-electron chi connectivity index (χ0n) is 18.1. The Morgan fingerprint density at radius 2 is 1.62 bits per heavy atom. The van der Waals surface area contributed by atoms with Crippen LogP contribution in [0.25, 0.3) is 10.9 Å². The van der Waals surface area contributed by atoms with E-state index in [0.29, 0.717) is 30.2 Å². The van der Waals surface area contributed by atoms with Gasteiger partial charge in [0.2, 0.25) is 5.75 Å². The number of hydrogen-bond donors (Lipinski definition) is 2. The summed E-state index contributed by atoms with van der Waals surface area (Å²) < 4.78 is 11.8. The molecule has 0 radical (unpaired) electrons. The number of rotatable bonds is 9. The largest absolute Gasteiger partial charge is 0.485 e. The van der Waals surface area contributed by atoms with Crippen molar-refractivity contribution in [3.63, 3.8) is 0 Å². The standard InChI is InChI=1S/C24H32N2O3/c1-16(2)7-6-8-18(5)12-14-29-23-22(28-13-11-17(3)4)20-10-9-19(25)15-21(20)26-24(23)27/h7,9-12,15H,6,8,13-14,25H2,1-5H3,(H,26,27)/b18-12+. The van der Waals surface area contributed by atoms with Gasteiger partial charge in [0.05, 0.1) is 5.52 Å². The van der Waals surface area contributed by atoms with Crippen LogP contribution < -0.4 is 20.8 Å². The van der Waals surface area contributed by atoms with E-state index in [9.17, 15) is 4.79 Å². The number of allylic oxidation sites excluding steroid dienone is 4. The summed E-state index contributed by atoms with van der Waals surface area (Å²) in [6.07, 6.45) is 8.14. The number of hydrogen-bond acceptors (Lipinski definition) is 4. The molecule has 0 aliphatic heterocycles. The first kappa shape index (κ1) is 22.3. The fraction of sp³-hybridized carbons (Fsp3) is 0.375. The van der Waals surface area contributed by atoms with Crippen LogP contribution in [0.3, 0.4) is 0 Å². The normalized spacial score (nSPS) is 11.3. The summed E-state index contributed by atoms with van der Waals surface area (Å²) in [4.78, 5) is 15.5. The van der Waals surface area contributed by atoms with Gasteiger partial charge in [0.15, 0.2) is 5.75 Å². The van der Waals surface area contributed by atoms with Crippen molar-refractivity contribution >= 4 is 16.6 Å². The second-order valence-electron chi connectivity index (χ2n) is 7.69. The van der Waals surface area contributed by atoms with Crippen molar-refractivity contribution in [3.05, 3.63) is 63.5 Å². The van der Waals surface area contributed by atoms with Crippen molar-refractivity contribution in [2.45, 2.75) is 47.5 Å². The highest BCUT2D eigenvalue weighted by Gasteiger charge is 2.15. The van der Waals surface area contributed by atoms with Gasteiger partial charge in [-0.3, -0.25) is 4.79 Å². The summed E-state index contributed by atoms with van der Waals surface area (Å²) in [5, 5.41) is 0.764. The van der Waals surface area contributed by atoms with E-state index in [0.717, 1.165) is 23.8 Å². The number of ether oxygens (including phenoxy) is 2. The number of nitrogens with one attached hydrogen (secondary N) is 1. The van der Waals surface area contributed by atoms with Crippen molar-refractivity contribution in [1.29, 1.82) is 0 Å². The SMILES string of the molecule is CC(C)=CCC/C(C)=C/COc1c(OCC=C(C)C)c2ccc(N)cc2[nH]c1=O. The number of aromatic amines is 1. The monoisotopic (exact) mass is 396 g/mol. The lowest BCUT2D eigenvalue weighted by molar-refractivity contribution is 0.306. The molecule has 0 aliphatic rings.